The van der Waals surface area contributed by atoms with Crippen molar-refractivity contribution in [2.75, 3.05) is 0 Å². The number of nitrogens with one attached hydrogen (secondary N) is 1. The van der Waals surface area contributed by atoms with E-state index in [9.17, 15) is 18.0 Å². The van der Waals surface area contributed by atoms with Gasteiger partial charge in [-0.05, 0) is 61.9 Å². The average molecular weight is 431 g/mol. The summed E-state index contributed by atoms with van der Waals surface area (Å²) in [6.07, 6.45) is -3.19. The first-order valence-electron chi connectivity index (χ1n) is 8.90. The molecule has 0 atom stereocenters. The number of carbonyl (C=O) groups excluding carboxylic acids is 1. The van der Waals surface area contributed by atoms with Gasteiger partial charge in [0.1, 0.15) is 0 Å². The van der Waals surface area contributed by atoms with E-state index in [1.165, 1.54) is 6.08 Å². The molecule has 1 aromatic heterocycles. The average Bonchev–Trinajstić information content (AvgIpc) is 3.21. The van der Waals surface area contributed by atoms with Gasteiger partial charge in [-0.1, -0.05) is 18.2 Å². The van der Waals surface area contributed by atoms with Crippen LogP contribution in [0.4, 0.5) is 13.2 Å². The number of carbonyl (C=O) groups is 1. The Morgan fingerprint density at radius 2 is 1.87 bits per heavy atom. The number of aliphatic imine (C=N–C) groups is 1. The van der Waals surface area contributed by atoms with Gasteiger partial charge in [0, 0.05) is 17.1 Å². The second kappa shape index (κ2) is 6.98. The number of amides is 1. The summed E-state index contributed by atoms with van der Waals surface area (Å²) < 4.78 is 40.9. The summed E-state index contributed by atoms with van der Waals surface area (Å²) in [7, 11) is 0. The molecule has 1 aromatic carbocycles. The number of nitrogens with zero attached hydrogens (tertiary/aromatic N) is 4. The van der Waals surface area contributed by atoms with Gasteiger partial charge in [0.05, 0.1) is 5.57 Å². The number of para-hydroxylation sites is 1. The summed E-state index contributed by atoms with van der Waals surface area (Å²) in [6, 6.07) is 9.70. The topological polar surface area (TPSA) is 73.8 Å². The zero-order chi connectivity index (χ0) is 21.8. The first-order chi connectivity index (χ1) is 14.1. The summed E-state index contributed by atoms with van der Waals surface area (Å²) in [5, 5.41) is 11.0. The van der Waals surface area contributed by atoms with Crippen molar-refractivity contribution in [3.63, 3.8) is 0 Å². The summed E-state index contributed by atoms with van der Waals surface area (Å²) in [6.45, 7) is 5.79. The number of amidine groups is 2. The molecule has 0 saturated carbocycles. The first-order valence-corrected chi connectivity index (χ1v) is 9.72. The quantitative estimate of drug-likeness (QED) is 0.707. The van der Waals surface area contributed by atoms with Crippen LogP contribution >= 0.6 is 11.8 Å². The SMILES string of the molecule is Cc1ccccc1-n1c(C)cc(/C=C2/C(=N)N3N=C(C(F)(F)F)SC3=NC2=O)c1C. The number of hydrogen-bond donors (Lipinski definition) is 1. The predicted molar refractivity (Wildman–Crippen MR) is 111 cm³/mol. The van der Waals surface area contributed by atoms with E-state index < -0.39 is 23.0 Å². The molecule has 2 aliphatic heterocycles. The molecule has 0 spiro atoms. The van der Waals surface area contributed by atoms with Gasteiger partial charge in [0.15, 0.2) is 5.84 Å². The van der Waals surface area contributed by atoms with Crippen LogP contribution in [0.5, 0.6) is 0 Å². The monoisotopic (exact) mass is 431 g/mol. The fourth-order valence-electron chi connectivity index (χ4n) is 3.38. The van der Waals surface area contributed by atoms with Crippen LogP contribution in [0.2, 0.25) is 0 Å². The number of hydrazone groups is 1. The summed E-state index contributed by atoms with van der Waals surface area (Å²) in [5.74, 6) is -1.20. The molecule has 0 aliphatic carbocycles. The second-order valence-electron chi connectivity index (χ2n) is 6.87. The van der Waals surface area contributed by atoms with Gasteiger partial charge < -0.3 is 4.57 Å². The van der Waals surface area contributed by atoms with Gasteiger partial charge in [-0.25, -0.2) is 0 Å². The van der Waals surface area contributed by atoms with Gasteiger partial charge in [-0.2, -0.15) is 28.3 Å². The smallest absolute Gasteiger partial charge is 0.318 e. The number of aryl methyl sites for hydroxylation is 2. The standard InChI is InChI=1S/C20H16F3N5OS/c1-10-6-4-5-7-15(10)27-11(2)8-13(12(27)3)9-14-16(24)28-19(25-17(14)29)30-18(26-28)20(21,22)23/h4-9,24H,1-3H3/b14-9-,24-16?. The lowest BCUT2D eigenvalue weighted by Gasteiger charge is -2.20. The minimum absolute atomic E-state index is 0.114. The minimum atomic E-state index is -4.67. The third kappa shape index (κ3) is 3.26. The minimum Gasteiger partial charge on any atom is -0.318 e. The van der Waals surface area contributed by atoms with E-state index in [4.69, 9.17) is 5.41 Å². The highest BCUT2D eigenvalue weighted by Crippen LogP contribution is 2.35. The number of fused-ring (bicyclic) bond motifs is 1. The molecule has 3 heterocycles. The number of hydrogen-bond acceptors (Lipinski definition) is 4. The van der Waals surface area contributed by atoms with Crippen LogP contribution in [-0.4, -0.2) is 37.7 Å². The van der Waals surface area contributed by atoms with Crippen molar-refractivity contribution >= 4 is 39.8 Å². The van der Waals surface area contributed by atoms with Crippen LogP contribution in [0.1, 0.15) is 22.5 Å². The van der Waals surface area contributed by atoms with Gasteiger partial charge in [-0.15, -0.1) is 0 Å². The lowest BCUT2D eigenvalue weighted by molar-refractivity contribution is -0.114. The Morgan fingerprint density at radius 1 is 1.17 bits per heavy atom. The van der Waals surface area contributed by atoms with Gasteiger partial charge >= 0.3 is 6.18 Å². The molecular weight excluding hydrogens is 415 g/mol. The van der Waals surface area contributed by atoms with Crippen LogP contribution < -0.4 is 0 Å². The molecule has 1 amide bonds. The van der Waals surface area contributed by atoms with Crippen LogP contribution in [0.3, 0.4) is 0 Å². The van der Waals surface area contributed by atoms with Crippen molar-refractivity contribution in [3.8, 4) is 5.69 Å². The van der Waals surface area contributed by atoms with E-state index >= 15 is 0 Å². The normalized spacial score (nSPS) is 18.1. The Hall–Kier alpha value is -3.14. The van der Waals surface area contributed by atoms with Crippen molar-refractivity contribution in [2.45, 2.75) is 26.9 Å². The highest BCUT2D eigenvalue weighted by molar-refractivity contribution is 8.27. The molecule has 10 heteroatoms. The summed E-state index contributed by atoms with van der Waals surface area (Å²) >= 11 is 0.234. The Kier molecular flexibility index (Phi) is 4.69. The zero-order valence-corrected chi connectivity index (χ0v) is 17.0. The maximum atomic E-state index is 13.0. The Balaban J connectivity index is 1.76. The van der Waals surface area contributed by atoms with Crippen molar-refractivity contribution in [1.29, 1.82) is 5.41 Å². The Bertz CT molecular complexity index is 1190. The van der Waals surface area contributed by atoms with Crippen molar-refractivity contribution in [3.05, 3.63) is 58.4 Å². The van der Waals surface area contributed by atoms with E-state index in [0.717, 1.165) is 27.6 Å². The van der Waals surface area contributed by atoms with Gasteiger partial charge in [-0.3, -0.25) is 10.2 Å². The van der Waals surface area contributed by atoms with Crippen molar-refractivity contribution in [1.82, 2.24) is 9.58 Å². The van der Waals surface area contributed by atoms with Crippen LogP contribution in [0, 0.1) is 26.2 Å². The fourth-order valence-corrected chi connectivity index (χ4v) is 4.14. The molecular formula is C20H16F3N5OS. The van der Waals surface area contributed by atoms with Crippen LogP contribution in [0.25, 0.3) is 11.8 Å². The molecule has 0 unspecified atom stereocenters. The number of benzene rings is 1. The molecule has 154 valence electrons. The summed E-state index contributed by atoms with van der Waals surface area (Å²) in [5.41, 5.74) is 4.36. The van der Waals surface area contributed by atoms with E-state index in [-0.39, 0.29) is 22.5 Å². The van der Waals surface area contributed by atoms with E-state index in [0.29, 0.717) is 5.56 Å². The van der Waals surface area contributed by atoms with Crippen molar-refractivity contribution in [2.24, 2.45) is 10.1 Å². The maximum Gasteiger partial charge on any atom is 0.441 e. The third-order valence-electron chi connectivity index (χ3n) is 4.82. The zero-order valence-electron chi connectivity index (χ0n) is 16.2. The van der Waals surface area contributed by atoms with E-state index in [1.807, 2.05) is 55.7 Å². The highest BCUT2D eigenvalue weighted by atomic mass is 32.2. The lowest BCUT2D eigenvalue weighted by atomic mass is 10.1. The molecule has 4 rings (SSSR count). The third-order valence-corrected chi connectivity index (χ3v) is 5.78. The molecule has 0 fully saturated rings. The fraction of sp³-hybridized carbons (Fsp3) is 0.200. The molecule has 0 bridgehead atoms. The second-order valence-corrected chi connectivity index (χ2v) is 7.83. The van der Waals surface area contributed by atoms with Crippen LogP contribution in [0.15, 0.2) is 46.0 Å². The molecule has 0 saturated heterocycles. The summed E-state index contributed by atoms with van der Waals surface area (Å²) in [4.78, 5) is 16.2. The van der Waals surface area contributed by atoms with E-state index in [2.05, 4.69) is 10.1 Å². The number of aromatic nitrogens is 1. The molecule has 2 aromatic rings. The molecule has 6 nitrogen and oxygen atoms in total. The highest BCUT2D eigenvalue weighted by Gasteiger charge is 2.46. The number of alkyl halides is 3. The number of halogens is 3. The number of thioether (sulfide) groups is 1. The molecule has 30 heavy (non-hydrogen) atoms. The van der Waals surface area contributed by atoms with Crippen LogP contribution in [-0.2, 0) is 4.79 Å². The molecule has 1 N–H and O–H groups in total. The molecule has 0 radical (unpaired) electrons. The molecule has 2 aliphatic rings. The largest absolute Gasteiger partial charge is 0.441 e. The van der Waals surface area contributed by atoms with Gasteiger partial charge in [0.25, 0.3) is 5.91 Å². The Morgan fingerprint density at radius 3 is 2.53 bits per heavy atom. The number of rotatable bonds is 2. The van der Waals surface area contributed by atoms with E-state index in [1.54, 1.807) is 0 Å². The lowest BCUT2D eigenvalue weighted by Crippen LogP contribution is -2.35. The van der Waals surface area contributed by atoms with Crippen molar-refractivity contribution < 1.29 is 18.0 Å². The predicted octanol–water partition coefficient (Wildman–Crippen LogP) is 4.58. The maximum absolute atomic E-state index is 13.0. The Labute approximate surface area is 174 Å². The first kappa shape index (κ1) is 20.1. The van der Waals surface area contributed by atoms with Gasteiger partial charge in [0.2, 0.25) is 10.2 Å².